The molecule has 0 spiro atoms. The van der Waals surface area contributed by atoms with Crippen LogP contribution >= 0.6 is 24.0 Å². The smallest absolute Gasteiger partial charge is 0.287 e. The van der Waals surface area contributed by atoms with Gasteiger partial charge in [0.25, 0.3) is 0 Å². The van der Waals surface area contributed by atoms with Gasteiger partial charge in [-0.25, -0.2) is 9.78 Å². The van der Waals surface area contributed by atoms with Crippen LogP contribution in [0.5, 0.6) is 5.75 Å². The van der Waals surface area contributed by atoms with E-state index in [1.54, 1.807) is 11.3 Å². The average molecular weight is 307 g/mol. The number of hydrogen-bond donors (Lipinski definition) is 1. The maximum atomic E-state index is 10.9. The van der Waals surface area contributed by atoms with Gasteiger partial charge in [-0.3, -0.25) is 9.78 Å². The van der Waals surface area contributed by atoms with Gasteiger partial charge >= 0.3 is 5.97 Å². The molecule has 1 aromatic heterocycles. The van der Waals surface area contributed by atoms with E-state index in [0.717, 1.165) is 27.6 Å². The van der Waals surface area contributed by atoms with Gasteiger partial charge in [-0.15, -0.1) is 24.0 Å². The predicted octanol–water partition coefficient (Wildman–Crippen LogP) is 3.81. The summed E-state index contributed by atoms with van der Waals surface area (Å²) in [6.07, 6.45) is 0.926. The van der Waals surface area contributed by atoms with Crippen LogP contribution in [-0.2, 0) is 9.68 Å². The molecule has 0 radical (unpaired) electrons. The molecule has 0 N–H and O–H groups in total. The SMILES string of the molecule is CCC1c2sc(S)nc2-c2cccc(OOC(C)=O)c21. The Labute approximate surface area is 126 Å². The minimum absolute atomic E-state index is 0.213. The van der Waals surface area contributed by atoms with Crippen molar-refractivity contribution in [2.75, 3.05) is 0 Å². The van der Waals surface area contributed by atoms with Crippen molar-refractivity contribution in [1.82, 2.24) is 4.98 Å². The first-order valence-corrected chi connectivity index (χ1v) is 7.56. The summed E-state index contributed by atoms with van der Waals surface area (Å²) in [7, 11) is 0. The third-order valence-corrected chi connectivity index (χ3v) is 4.63. The van der Waals surface area contributed by atoms with Crippen molar-refractivity contribution >= 4 is 29.9 Å². The number of thiazole rings is 1. The van der Waals surface area contributed by atoms with E-state index in [9.17, 15) is 4.79 Å². The first kappa shape index (κ1) is 13.5. The molecule has 1 unspecified atom stereocenters. The van der Waals surface area contributed by atoms with Gasteiger partial charge in [0.1, 0.15) is 4.34 Å². The Morgan fingerprint density at radius 3 is 3.00 bits per heavy atom. The standard InChI is InChI=1S/C14H13NO3S2/c1-3-8-11-9(12-13(8)20-14(19)15-12)5-4-6-10(11)18-17-7(2)16/h4-6,8H,3H2,1-2H3,(H,15,19). The van der Waals surface area contributed by atoms with Crippen LogP contribution in [0.1, 0.15) is 36.6 Å². The number of carbonyl (C=O) groups excluding carboxylic acids is 1. The number of benzene rings is 1. The molecule has 20 heavy (non-hydrogen) atoms. The second kappa shape index (κ2) is 5.10. The van der Waals surface area contributed by atoms with Crippen molar-refractivity contribution < 1.29 is 14.6 Å². The number of thiol groups is 1. The van der Waals surface area contributed by atoms with E-state index < -0.39 is 5.97 Å². The Hall–Kier alpha value is -1.53. The van der Waals surface area contributed by atoms with Crippen molar-refractivity contribution in [3.63, 3.8) is 0 Å². The van der Waals surface area contributed by atoms with E-state index in [2.05, 4.69) is 29.4 Å². The highest BCUT2D eigenvalue weighted by molar-refractivity contribution is 7.82. The summed E-state index contributed by atoms with van der Waals surface area (Å²) >= 11 is 5.92. The van der Waals surface area contributed by atoms with Crippen LogP contribution in [0.15, 0.2) is 22.5 Å². The summed E-state index contributed by atoms with van der Waals surface area (Å²) in [6.45, 7) is 3.43. The molecule has 104 valence electrons. The van der Waals surface area contributed by atoms with Crippen molar-refractivity contribution in [3.8, 4) is 17.0 Å². The lowest BCUT2D eigenvalue weighted by Crippen LogP contribution is -2.06. The largest absolute Gasteiger partial charge is 0.352 e. The second-order valence-corrected chi connectivity index (χ2v) is 6.30. The monoisotopic (exact) mass is 307 g/mol. The summed E-state index contributed by atoms with van der Waals surface area (Å²) < 4.78 is 0.769. The van der Waals surface area contributed by atoms with Crippen molar-refractivity contribution in [2.45, 2.75) is 30.5 Å². The van der Waals surface area contributed by atoms with Gasteiger partial charge in [-0.1, -0.05) is 19.1 Å². The zero-order chi connectivity index (χ0) is 14.3. The van der Waals surface area contributed by atoms with E-state index >= 15 is 0 Å². The zero-order valence-corrected chi connectivity index (χ0v) is 12.8. The van der Waals surface area contributed by atoms with E-state index in [1.807, 2.05) is 18.2 Å². The fourth-order valence-corrected chi connectivity index (χ4v) is 3.96. The number of rotatable bonds is 3. The molecule has 0 bridgehead atoms. The molecule has 1 atom stereocenters. The Bertz CT molecular complexity index is 681. The first-order chi connectivity index (χ1) is 9.61. The Balaban J connectivity index is 2.09. The molecule has 0 saturated heterocycles. The lowest BCUT2D eigenvalue weighted by atomic mass is 9.97. The Morgan fingerprint density at radius 2 is 2.30 bits per heavy atom. The van der Waals surface area contributed by atoms with Gasteiger partial charge < -0.3 is 0 Å². The zero-order valence-electron chi connectivity index (χ0n) is 11.0. The van der Waals surface area contributed by atoms with Crippen LogP contribution < -0.4 is 4.89 Å². The predicted molar refractivity (Wildman–Crippen MR) is 79.3 cm³/mol. The van der Waals surface area contributed by atoms with Crippen molar-refractivity contribution in [3.05, 3.63) is 28.6 Å². The quantitative estimate of drug-likeness (QED) is 0.532. The summed E-state index contributed by atoms with van der Waals surface area (Å²) in [5, 5.41) is 0. The maximum Gasteiger partial charge on any atom is 0.352 e. The third kappa shape index (κ3) is 2.09. The van der Waals surface area contributed by atoms with Crippen LogP contribution in [-0.4, -0.2) is 11.0 Å². The highest BCUT2D eigenvalue weighted by atomic mass is 32.2. The van der Waals surface area contributed by atoms with Gasteiger partial charge in [-0.2, -0.15) is 0 Å². The maximum absolute atomic E-state index is 10.9. The van der Waals surface area contributed by atoms with Gasteiger partial charge in [-0.05, 0) is 12.5 Å². The number of aromatic nitrogens is 1. The summed E-state index contributed by atoms with van der Waals surface area (Å²) in [5.41, 5.74) is 3.04. The van der Waals surface area contributed by atoms with Gasteiger partial charge in [0.2, 0.25) is 0 Å². The summed E-state index contributed by atoms with van der Waals surface area (Å²) in [4.78, 5) is 26.5. The van der Waals surface area contributed by atoms with Crippen LogP contribution in [0.2, 0.25) is 0 Å². The van der Waals surface area contributed by atoms with Crippen LogP contribution in [0, 0.1) is 0 Å². The summed E-state index contributed by atoms with van der Waals surface area (Å²) in [5.74, 6) is 0.319. The molecule has 3 rings (SSSR count). The van der Waals surface area contributed by atoms with Crippen molar-refractivity contribution in [1.29, 1.82) is 0 Å². The fraction of sp³-hybridized carbons (Fsp3) is 0.286. The number of carbonyl (C=O) groups is 1. The topological polar surface area (TPSA) is 48.4 Å². The van der Waals surface area contributed by atoms with Crippen LogP contribution in [0.4, 0.5) is 0 Å². The molecule has 2 aromatic rings. The van der Waals surface area contributed by atoms with Gasteiger partial charge in [0.15, 0.2) is 5.75 Å². The van der Waals surface area contributed by atoms with E-state index in [0.29, 0.717) is 5.75 Å². The van der Waals surface area contributed by atoms with Gasteiger partial charge in [0, 0.05) is 28.8 Å². The number of hydrogen-bond acceptors (Lipinski definition) is 6. The molecule has 1 aromatic carbocycles. The molecule has 0 saturated carbocycles. The van der Waals surface area contributed by atoms with E-state index in [-0.39, 0.29) is 5.92 Å². The van der Waals surface area contributed by atoms with E-state index in [1.165, 1.54) is 11.8 Å². The molecule has 0 amide bonds. The number of nitrogens with zero attached hydrogens (tertiary/aromatic N) is 1. The van der Waals surface area contributed by atoms with Crippen LogP contribution in [0.3, 0.4) is 0 Å². The molecular formula is C14H13NO3S2. The van der Waals surface area contributed by atoms with E-state index in [4.69, 9.17) is 4.89 Å². The fourth-order valence-electron chi connectivity index (χ4n) is 2.56. The lowest BCUT2D eigenvalue weighted by molar-refractivity contribution is -0.211. The molecule has 1 aliphatic rings. The second-order valence-electron chi connectivity index (χ2n) is 4.55. The lowest BCUT2D eigenvalue weighted by Gasteiger charge is -2.13. The Morgan fingerprint density at radius 1 is 1.50 bits per heavy atom. The molecule has 1 heterocycles. The molecule has 4 nitrogen and oxygen atoms in total. The summed E-state index contributed by atoms with van der Waals surface area (Å²) in [6, 6.07) is 5.69. The molecule has 6 heteroatoms. The Kier molecular flexibility index (Phi) is 3.43. The third-order valence-electron chi connectivity index (χ3n) is 3.29. The highest BCUT2D eigenvalue weighted by Crippen LogP contribution is 2.52. The molecule has 0 aliphatic heterocycles. The number of fused-ring (bicyclic) bond motifs is 3. The van der Waals surface area contributed by atoms with Crippen molar-refractivity contribution in [2.24, 2.45) is 0 Å². The minimum atomic E-state index is -0.473. The first-order valence-electron chi connectivity index (χ1n) is 6.29. The minimum Gasteiger partial charge on any atom is -0.287 e. The molecular weight excluding hydrogens is 294 g/mol. The molecule has 0 fully saturated rings. The average Bonchev–Trinajstić information content (AvgIpc) is 2.91. The highest BCUT2D eigenvalue weighted by Gasteiger charge is 2.34. The van der Waals surface area contributed by atoms with Gasteiger partial charge in [0.05, 0.1) is 5.69 Å². The van der Waals surface area contributed by atoms with Crippen LogP contribution in [0.25, 0.3) is 11.3 Å². The normalized spacial score (nSPS) is 15.7. The molecule has 1 aliphatic carbocycles.